The zero-order valence-corrected chi connectivity index (χ0v) is 9.53. The topological polar surface area (TPSA) is 9.23 Å². The van der Waals surface area contributed by atoms with Gasteiger partial charge in [0.15, 0.2) is 0 Å². The van der Waals surface area contributed by atoms with Gasteiger partial charge in [-0.2, -0.15) is 0 Å². The number of allylic oxidation sites excluding steroid dienone is 1. The SMILES string of the molecule is C=C(C)[Si]1CCCCO1.[Pt+2]. The average Bonchev–Trinajstić information content (AvgIpc) is 1.90. The summed E-state index contributed by atoms with van der Waals surface area (Å²) < 4.78 is 5.54. The van der Waals surface area contributed by atoms with Crippen LogP contribution in [-0.4, -0.2) is 15.6 Å². The fourth-order valence-corrected chi connectivity index (χ4v) is 2.77. The Balaban J connectivity index is 0.000000810. The third kappa shape index (κ3) is 3.13. The molecule has 1 fully saturated rings. The predicted molar refractivity (Wildman–Crippen MR) is 40.6 cm³/mol. The Bertz CT molecular complexity index is 110. The molecule has 0 amide bonds. The summed E-state index contributed by atoms with van der Waals surface area (Å²) in [5.74, 6) is 0. The van der Waals surface area contributed by atoms with E-state index in [0.29, 0.717) is 0 Å². The van der Waals surface area contributed by atoms with E-state index in [-0.39, 0.29) is 21.1 Å². The predicted octanol–water partition coefficient (Wildman–Crippen LogP) is 1.90. The summed E-state index contributed by atoms with van der Waals surface area (Å²) in [6, 6.07) is 1.28. The first-order valence-electron chi connectivity index (χ1n) is 3.45. The second-order valence-electron chi connectivity index (χ2n) is 2.51. The van der Waals surface area contributed by atoms with Crippen molar-refractivity contribution in [2.45, 2.75) is 25.8 Å². The molecular weight excluding hydrogens is 323 g/mol. The van der Waals surface area contributed by atoms with Gasteiger partial charge in [-0.3, -0.25) is 0 Å². The molecule has 10 heavy (non-hydrogen) atoms. The molecule has 1 heterocycles. The molecule has 0 saturated carbocycles. The first kappa shape index (κ1) is 10.6. The molecule has 0 atom stereocenters. The van der Waals surface area contributed by atoms with Gasteiger partial charge in [0, 0.05) is 6.61 Å². The van der Waals surface area contributed by atoms with Gasteiger partial charge in [-0.25, -0.2) is 0 Å². The molecule has 1 rings (SSSR count). The molecule has 0 aromatic carbocycles. The zero-order chi connectivity index (χ0) is 6.69. The van der Waals surface area contributed by atoms with E-state index in [1.807, 2.05) is 0 Å². The third-order valence-corrected chi connectivity index (χ3v) is 3.86. The standard InChI is InChI=1S/C7H13OSi.Pt/c1-7(2)9-6-4-3-5-8-9;/h1,3-6H2,2H3;/q;+2. The Labute approximate surface area is 78.8 Å². The molecule has 0 aliphatic carbocycles. The van der Waals surface area contributed by atoms with E-state index in [1.165, 1.54) is 24.1 Å². The fraction of sp³-hybridized carbons (Fsp3) is 0.714. The molecule has 59 valence electrons. The normalized spacial score (nSPS) is 19.7. The molecule has 0 aromatic heterocycles. The molecule has 0 spiro atoms. The molecule has 1 aliphatic heterocycles. The van der Waals surface area contributed by atoms with E-state index < -0.39 is 9.04 Å². The van der Waals surface area contributed by atoms with Crippen LogP contribution in [0.25, 0.3) is 0 Å². The molecule has 1 radical (unpaired) electrons. The monoisotopic (exact) mass is 336 g/mol. The zero-order valence-electron chi connectivity index (χ0n) is 6.26. The molecule has 1 nitrogen and oxygen atoms in total. The minimum absolute atomic E-state index is 0. The van der Waals surface area contributed by atoms with Crippen molar-refractivity contribution >= 4 is 9.04 Å². The number of rotatable bonds is 1. The first-order valence-corrected chi connectivity index (χ1v) is 5.07. The van der Waals surface area contributed by atoms with Crippen molar-refractivity contribution in [3.63, 3.8) is 0 Å². The maximum absolute atomic E-state index is 5.54. The van der Waals surface area contributed by atoms with Gasteiger partial charge in [0.25, 0.3) is 0 Å². The van der Waals surface area contributed by atoms with Crippen molar-refractivity contribution in [1.29, 1.82) is 0 Å². The van der Waals surface area contributed by atoms with Crippen LogP contribution >= 0.6 is 0 Å². The minimum Gasteiger partial charge on any atom is -0.412 e. The Kier molecular flexibility index (Phi) is 5.60. The van der Waals surface area contributed by atoms with Gasteiger partial charge in [-0.1, -0.05) is 11.6 Å². The molecule has 1 saturated heterocycles. The summed E-state index contributed by atoms with van der Waals surface area (Å²) in [6.07, 6.45) is 2.60. The summed E-state index contributed by atoms with van der Waals surface area (Å²) >= 11 is 0. The third-order valence-electron chi connectivity index (χ3n) is 1.55. The van der Waals surface area contributed by atoms with Crippen LogP contribution in [0, 0.1) is 0 Å². The van der Waals surface area contributed by atoms with Crippen LogP contribution in [0.4, 0.5) is 0 Å². The van der Waals surface area contributed by atoms with Gasteiger partial charge < -0.3 is 4.43 Å². The average molecular weight is 336 g/mol. The van der Waals surface area contributed by atoms with Crippen LogP contribution in [0.3, 0.4) is 0 Å². The first-order chi connectivity index (χ1) is 4.30. The second-order valence-corrected chi connectivity index (χ2v) is 5.00. The molecule has 0 unspecified atom stereocenters. The van der Waals surface area contributed by atoms with Crippen molar-refractivity contribution in [2.24, 2.45) is 0 Å². The Morgan fingerprint density at radius 3 is 2.50 bits per heavy atom. The van der Waals surface area contributed by atoms with Crippen LogP contribution < -0.4 is 0 Å². The van der Waals surface area contributed by atoms with E-state index in [9.17, 15) is 0 Å². The van der Waals surface area contributed by atoms with Gasteiger partial charge in [0.2, 0.25) is 9.04 Å². The van der Waals surface area contributed by atoms with Crippen LogP contribution in [0.1, 0.15) is 19.8 Å². The Morgan fingerprint density at radius 1 is 1.50 bits per heavy atom. The van der Waals surface area contributed by atoms with Crippen molar-refractivity contribution in [3.05, 3.63) is 11.8 Å². The van der Waals surface area contributed by atoms with Crippen LogP contribution in [0.15, 0.2) is 11.8 Å². The van der Waals surface area contributed by atoms with Crippen molar-refractivity contribution in [3.8, 4) is 0 Å². The van der Waals surface area contributed by atoms with Crippen LogP contribution in [0.2, 0.25) is 6.04 Å². The Hall–Kier alpha value is 0.605. The Morgan fingerprint density at radius 2 is 2.20 bits per heavy atom. The summed E-state index contributed by atoms with van der Waals surface area (Å²) in [4.78, 5) is 0. The van der Waals surface area contributed by atoms with Crippen molar-refractivity contribution in [2.75, 3.05) is 6.61 Å². The maximum atomic E-state index is 5.54. The van der Waals surface area contributed by atoms with Gasteiger partial charge >= 0.3 is 21.1 Å². The van der Waals surface area contributed by atoms with Crippen molar-refractivity contribution < 1.29 is 25.5 Å². The van der Waals surface area contributed by atoms with E-state index in [1.54, 1.807) is 0 Å². The molecular formula is C7H13OPtSi+2. The fourth-order valence-electron chi connectivity index (χ4n) is 0.992. The molecule has 1 aliphatic rings. The largest absolute Gasteiger partial charge is 2.00 e. The number of hydrogen-bond acceptors (Lipinski definition) is 1. The van der Waals surface area contributed by atoms with Gasteiger partial charge in [0.1, 0.15) is 0 Å². The van der Waals surface area contributed by atoms with Crippen LogP contribution in [-0.2, 0) is 25.5 Å². The van der Waals surface area contributed by atoms with E-state index >= 15 is 0 Å². The smallest absolute Gasteiger partial charge is 0.412 e. The quantitative estimate of drug-likeness (QED) is 0.665. The second kappa shape index (κ2) is 5.28. The van der Waals surface area contributed by atoms with E-state index in [4.69, 9.17) is 4.43 Å². The number of hydrogen-bond donors (Lipinski definition) is 0. The van der Waals surface area contributed by atoms with E-state index in [2.05, 4.69) is 13.5 Å². The molecule has 3 heteroatoms. The summed E-state index contributed by atoms with van der Waals surface area (Å²) in [5.41, 5.74) is 0. The van der Waals surface area contributed by atoms with Gasteiger partial charge in [0.05, 0.1) is 0 Å². The van der Waals surface area contributed by atoms with Gasteiger partial charge in [-0.15, -0.1) is 6.58 Å². The summed E-state index contributed by atoms with van der Waals surface area (Å²) in [7, 11) is -0.560. The molecule has 0 bridgehead atoms. The summed E-state index contributed by atoms with van der Waals surface area (Å²) in [6.45, 7) is 6.96. The van der Waals surface area contributed by atoms with E-state index in [0.717, 1.165) is 6.61 Å². The van der Waals surface area contributed by atoms with Crippen LogP contribution in [0.5, 0.6) is 0 Å². The molecule has 0 aromatic rings. The van der Waals surface area contributed by atoms with Gasteiger partial charge in [-0.05, 0) is 19.4 Å². The molecule has 0 N–H and O–H groups in total. The van der Waals surface area contributed by atoms with Crippen molar-refractivity contribution in [1.82, 2.24) is 0 Å². The summed E-state index contributed by atoms with van der Waals surface area (Å²) in [5, 5.41) is 1.28. The maximum Gasteiger partial charge on any atom is 2.00 e. The minimum atomic E-state index is -0.560.